The first-order valence-corrected chi connectivity index (χ1v) is 6.43. The molecule has 0 saturated heterocycles. The van der Waals surface area contributed by atoms with E-state index in [1.165, 1.54) is 35.0 Å². The molecule has 0 bridgehead atoms. The molecule has 1 saturated carbocycles. The van der Waals surface area contributed by atoms with Crippen LogP contribution < -0.4 is 5.73 Å². The van der Waals surface area contributed by atoms with E-state index in [1.54, 1.807) is 0 Å². The number of nitrogens with two attached hydrogens (primary N) is 1. The van der Waals surface area contributed by atoms with Gasteiger partial charge in [0.2, 0.25) is 0 Å². The summed E-state index contributed by atoms with van der Waals surface area (Å²) in [6.07, 6.45) is 8.56. The number of H-pyrrole nitrogens is 1. The molecule has 90 valence electrons. The molecule has 1 aliphatic rings. The van der Waals surface area contributed by atoms with Crippen molar-refractivity contribution in [1.29, 1.82) is 0 Å². The largest absolute Gasteiger partial charge is 0.358 e. The molecule has 1 aliphatic carbocycles. The molecule has 0 amide bonds. The minimum Gasteiger partial charge on any atom is -0.358 e. The molecule has 2 heterocycles. The highest BCUT2D eigenvalue weighted by molar-refractivity contribution is 5.84. The zero-order valence-electron chi connectivity index (χ0n) is 10.2. The Hall–Kier alpha value is -1.35. The van der Waals surface area contributed by atoms with Gasteiger partial charge in [0.05, 0.1) is 0 Å². The SMILES string of the molecule is Cc1[nH]c2ccncc2c1C1CCC(N)CC1. The van der Waals surface area contributed by atoms with Crippen molar-refractivity contribution in [3.8, 4) is 0 Å². The Labute approximate surface area is 101 Å². The molecule has 0 atom stereocenters. The molecule has 17 heavy (non-hydrogen) atoms. The highest BCUT2D eigenvalue weighted by Crippen LogP contribution is 2.37. The predicted molar refractivity (Wildman–Crippen MR) is 70.0 cm³/mol. The number of aryl methyl sites for hydroxylation is 1. The summed E-state index contributed by atoms with van der Waals surface area (Å²) in [5, 5.41) is 1.30. The normalized spacial score (nSPS) is 25.3. The van der Waals surface area contributed by atoms with Crippen molar-refractivity contribution in [2.45, 2.75) is 44.6 Å². The lowest BCUT2D eigenvalue weighted by Crippen LogP contribution is -2.25. The Morgan fingerprint density at radius 2 is 2.06 bits per heavy atom. The van der Waals surface area contributed by atoms with Gasteiger partial charge in [-0.25, -0.2) is 0 Å². The number of aromatic amines is 1. The number of aromatic nitrogens is 2. The number of pyridine rings is 1. The molecule has 0 unspecified atom stereocenters. The highest BCUT2D eigenvalue weighted by atomic mass is 14.7. The standard InChI is InChI=1S/C14H19N3/c1-9-14(10-2-4-11(15)5-3-10)12-8-16-7-6-13(12)17-9/h6-8,10-11,17H,2-5,15H2,1H3. The zero-order valence-corrected chi connectivity index (χ0v) is 10.2. The van der Waals surface area contributed by atoms with Crippen molar-refractivity contribution >= 4 is 10.9 Å². The van der Waals surface area contributed by atoms with Gasteiger partial charge in [0.1, 0.15) is 0 Å². The molecular weight excluding hydrogens is 210 g/mol. The van der Waals surface area contributed by atoms with Crippen LogP contribution in [0.2, 0.25) is 0 Å². The van der Waals surface area contributed by atoms with E-state index in [0.717, 1.165) is 12.8 Å². The van der Waals surface area contributed by atoms with Crippen LogP contribution in [0.25, 0.3) is 10.9 Å². The molecule has 3 nitrogen and oxygen atoms in total. The van der Waals surface area contributed by atoms with E-state index in [-0.39, 0.29) is 0 Å². The second-order valence-electron chi connectivity index (χ2n) is 5.20. The third kappa shape index (κ3) is 1.84. The van der Waals surface area contributed by atoms with Gasteiger partial charge in [-0.3, -0.25) is 4.98 Å². The fraction of sp³-hybridized carbons (Fsp3) is 0.500. The monoisotopic (exact) mass is 229 g/mol. The van der Waals surface area contributed by atoms with E-state index in [0.29, 0.717) is 12.0 Å². The second kappa shape index (κ2) is 4.15. The summed E-state index contributed by atoms with van der Waals surface area (Å²) < 4.78 is 0. The van der Waals surface area contributed by atoms with Crippen molar-refractivity contribution < 1.29 is 0 Å². The first-order valence-electron chi connectivity index (χ1n) is 6.43. The van der Waals surface area contributed by atoms with Gasteiger partial charge in [-0.15, -0.1) is 0 Å². The van der Waals surface area contributed by atoms with Crippen LogP contribution in [-0.2, 0) is 0 Å². The lowest BCUT2D eigenvalue weighted by Gasteiger charge is -2.26. The summed E-state index contributed by atoms with van der Waals surface area (Å²) in [5.74, 6) is 0.660. The number of rotatable bonds is 1. The average molecular weight is 229 g/mol. The second-order valence-corrected chi connectivity index (χ2v) is 5.20. The van der Waals surface area contributed by atoms with E-state index in [1.807, 2.05) is 12.4 Å². The van der Waals surface area contributed by atoms with E-state index >= 15 is 0 Å². The summed E-state index contributed by atoms with van der Waals surface area (Å²) in [7, 11) is 0. The Kier molecular flexibility index (Phi) is 2.63. The molecule has 0 aliphatic heterocycles. The van der Waals surface area contributed by atoms with Gasteiger partial charge in [0, 0.05) is 35.0 Å². The van der Waals surface area contributed by atoms with Gasteiger partial charge in [-0.1, -0.05) is 0 Å². The summed E-state index contributed by atoms with van der Waals surface area (Å²) in [5.41, 5.74) is 9.96. The number of hydrogen-bond donors (Lipinski definition) is 2. The van der Waals surface area contributed by atoms with Crippen molar-refractivity contribution in [3.63, 3.8) is 0 Å². The van der Waals surface area contributed by atoms with Gasteiger partial charge in [-0.2, -0.15) is 0 Å². The van der Waals surface area contributed by atoms with Crippen molar-refractivity contribution in [1.82, 2.24) is 9.97 Å². The lowest BCUT2D eigenvalue weighted by molar-refractivity contribution is 0.396. The van der Waals surface area contributed by atoms with E-state index in [4.69, 9.17) is 5.73 Å². The maximum Gasteiger partial charge on any atom is 0.0490 e. The van der Waals surface area contributed by atoms with Crippen molar-refractivity contribution in [3.05, 3.63) is 29.7 Å². The number of nitrogens with one attached hydrogen (secondary N) is 1. The van der Waals surface area contributed by atoms with E-state index < -0.39 is 0 Å². The first-order chi connectivity index (χ1) is 8.25. The number of hydrogen-bond acceptors (Lipinski definition) is 2. The molecule has 2 aromatic rings. The van der Waals surface area contributed by atoms with Gasteiger partial charge >= 0.3 is 0 Å². The molecule has 1 fully saturated rings. The lowest BCUT2D eigenvalue weighted by atomic mass is 9.81. The first kappa shape index (κ1) is 10.8. The Morgan fingerprint density at radius 1 is 1.29 bits per heavy atom. The van der Waals surface area contributed by atoms with Crippen LogP contribution in [0.1, 0.15) is 42.9 Å². The highest BCUT2D eigenvalue weighted by Gasteiger charge is 2.24. The Bertz CT molecular complexity index is 521. The molecule has 3 rings (SSSR count). The zero-order chi connectivity index (χ0) is 11.8. The van der Waals surface area contributed by atoms with E-state index in [2.05, 4.69) is 23.0 Å². The molecule has 3 N–H and O–H groups in total. The summed E-state index contributed by atoms with van der Waals surface area (Å²) in [4.78, 5) is 7.72. The fourth-order valence-electron chi connectivity index (χ4n) is 3.12. The minimum absolute atomic E-state index is 0.412. The van der Waals surface area contributed by atoms with Gasteiger partial charge in [0.15, 0.2) is 0 Å². The smallest absolute Gasteiger partial charge is 0.0490 e. The minimum atomic E-state index is 0.412. The molecule has 0 radical (unpaired) electrons. The Morgan fingerprint density at radius 3 is 2.82 bits per heavy atom. The van der Waals surface area contributed by atoms with Gasteiger partial charge in [0.25, 0.3) is 0 Å². The van der Waals surface area contributed by atoms with Crippen LogP contribution in [0.15, 0.2) is 18.5 Å². The summed E-state index contributed by atoms with van der Waals surface area (Å²) in [6, 6.07) is 2.47. The van der Waals surface area contributed by atoms with Gasteiger partial charge < -0.3 is 10.7 Å². The number of fused-ring (bicyclic) bond motifs is 1. The predicted octanol–water partition coefficient (Wildman–Crippen LogP) is 2.86. The average Bonchev–Trinajstić information content (AvgIpc) is 2.66. The molecule has 2 aromatic heterocycles. The molecular formula is C14H19N3. The van der Waals surface area contributed by atoms with Crippen LogP contribution in [0.5, 0.6) is 0 Å². The summed E-state index contributed by atoms with van der Waals surface area (Å²) >= 11 is 0. The molecule has 0 spiro atoms. The van der Waals surface area contributed by atoms with Crippen LogP contribution in [0.3, 0.4) is 0 Å². The topological polar surface area (TPSA) is 54.7 Å². The van der Waals surface area contributed by atoms with Crippen LogP contribution in [0, 0.1) is 6.92 Å². The van der Waals surface area contributed by atoms with Gasteiger partial charge in [-0.05, 0) is 50.2 Å². The van der Waals surface area contributed by atoms with Crippen molar-refractivity contribution in [2.24, 2.45) is 5.73 Å². The summed E-state index contributed by atoms with van der Waals surface area (Å²) in [6.45, 7) is 2.17. The maximum absolute atomic E-state index is 5.98. The molecule has 0 aromatic carbocycles. The van der Waals surface area contributed by atoms with Crippen molar-refractivity contribution in [2.75, 3.05) is 0 Å². The number of nitrogens with zero attached hydrogens (tertiary/aromatic N) is 1. The van der Waals surface area contributed by atoms with E-state index in [9.17, 15) is 0 Å². The maximum atomic E-state index is 5.98. The third-order valence-corrected chi connectivity index (χ3v) is 4.02. The quantitative estimate of drug-likeness (QED) is 0.790. The Balaban J connectivity index is 2.02. The van der Waals surface area contributed by atoms with Crippen LogP contribution >= 0.6 is 0 Å². The van der Waals surface area contributed by atoms with Crippen LogP contribution in [-0.4, -0.2) is 16.0 Å². The fourth-order valence-corrected chi connectivity index (χ4v) is 3.12. The molecule has 3 heteroatoms. The van der Waals surface area contributed by atoms with Crippen LogP contribution in [0.4, 0.5) is 0 Å². The third-order valence-electron chi connectivity index (χ3n) is 4.02.